The molecule has 4 nitrogen and oxygen atoms in total. The first-order valence-electron chi connectivity index (χ1n) is 7.76. The molecule has 0 aromatic heterocycles. The van der Waals surface area contributed by atoms with Crippen LogP contribution >= 0.6 is 0 Å². The smallest absolute Gasteiger partial charge is 0.244 e. The standard InChI is InChI=1S/C15H31N3O/c1-7-13-16-15(6,8-2)14(19)18(13)12(5)11-17(9-3)10-4/h12-13,16H,7-11H2,1-6H3. The van der Waals surface area contributed by atoms with E-state index >= 15 is 0 Å². The zero-order valence-corrected chi connectivity index (χ0v) is 13.5. The maximum Gasteiger partial charge on any atom is 0.244 e. The molecule has 0 aromatic carbocycles. The quantitative estimate of drug-likeness (QED) is 0.768. The van der Waals surface area contributed by atoms with Crippen molar-refractivity contribution < 1.29 is 4.79 Å². The Bertz CT molecular complexity index is 304. The van der Waals surface area contributed by atoms with Crippen LogP contribution in [-0.4, -0.2) is 53.1 Å². The van der Waals surface area contributed by atoms with Crippen molar-refractivity contribution in [3.8, 4) is 0 Å². The first kappa shape index (κ1) is 16.4. The lowest BCUT2D eigenvalue weighted by Crippen LogP contribution is -2.48. The fraction of sp³-hybridized carbons (Fsp3) is 0.933. The molecule has 0 saturated carbocycles. The fourth-order valence-electron chi connectivity index (χ4n) is 2.93. The summed E-state index contributed by atoms with van der Waals surface area (Å²) in [4.78, 5) is 17.1. The van der Waals surface area contributed by atoms with E-state index < -0.39 is 0 Å². The highest BCUT2D eigenvalue weighted by atomic mass is 16.2. The Kier molecular flexibility index (Phi) is 5.81. The topological polar surface area (TPSA) is 35.6 Å². The van der Waals surface area contributed by atoms with Crippen LogP contribution in [0.3, 0.4) is 0 Å². The van der Waals surface area contributed by atoms with Crippen LogP contribution in [0.5, 0.6) is 0 Å². The van der Waals surface area contributed by atoms with E-state index in [4.69, 9.17) is 0 Å². The molecule has 1 heterocycles. The Morgan fingerprint density at radius 2 is 1.89 bits per heavy atom. The minimum atomic E-state index is -0.377. The third-order valence-corrected chi connectivity index (χ3v) is 4.51. The summed E-state index contributed by atoms with van der Waals surface area (Å²) < 4.78 is 0. The number of carbonyl (C=O) groups is 1. The maximum atomic E-state index is 12.7. The molecular formula is C15H31N3O. The van der Waals surface area contributed by atoms with Crippen LogP contribution < -0.4 is 5.32 Å². The van der Waals surface area contributed by atoms with Crippen molar-refractivity contribution in [1.82, 2.24) is 15.1 Å². The second-order valence-corrected chi connectivity index (χ2v) is 5.80. The average Bonchev–Trinajstić information content (AvgIpc) is 2.68. The van der Waals surface area contributed by atoms with Gasteiger partial charge in [-0.25, -0.2) is 0 Å². The van der Waals surface area contributed by atoms with Gasteiger partial charge < -0.3 is 9.80 Å². The second-order valence-electron chi connectivity index (χ2n) is 5.80. The zero-order chi connectivity index (χ0) is 14.6. The summed E-state index contributed by atoms with van der Waals surface area (Å²) in [5.41, 5.74) is -0.377. The normalized spacial score (nSPS) is 29.3. The number of nitrogens with zero attached hydrogens (tertiary/aromatic N) is 2. The summed E-state index contributed by atoms with van der Waals surface area (Å²) in [5.74, 6) is 0.265. The molecule has 0 radical (unpaired) electrons. The van der Waals surface area contributed by atoms with Gasteiger partial charge in [-0.3, -0.25) is 10.1 Å². The van der Waals surface area contributed by atoms with E-state index in [2.05, 4.69) is 49.7 Å². The van der Waals surface area contributed by atoms with E-state index in [0.29, 0.717) is 0 Å². The van der Waals surface area contributed by atoms with Crippen LogP contribution in [0.15, 0.2) is 0 Å². The lowest BCUT2D eigenvalue weighted by atomic mass is 9.99. The summed E-state index contributed by atoms with van der Waals surface area (Å²) >= 11 is 0. The molecule has 0 aromatic rings. The monoisotopic (exact) mass is 269 g/mol. The lowest BCUT2D eigenvalue weighted by molar-refractivity contribution is -0.135. The molecule has 1 fully saturated rings. The van der Waals surface area contributed by atoms with E-state index in [0.717, 1.165) is 32.5 Å². The molecule has 19 heavy (non-hydrogen) atoms. The Hall–Kier alpha value is -0.610. The van der Waals surface area contributed by atoms with Gasteiger partial charge in [-0.05, 0) is 39.8 Å². The number of nitrogens with one attached hydrogen (secondary N) is 1. The third kappa shape index (κ3) is 3.29. The van der Waals surface area contributed by atoms with Crippen molar-refractivity contribution in [2.24, 2.45) is 0 Å². The van der Waals surface area contributed by atoms with Gasteiger partial charge in [0, 0.05) is 12.6 Å². The number of amides is 1. The predicted molar refractivity (Wildman–Crippen MR) is 80.0 cm³/mol. The molecule has 0 spiro atoms. The van der Waals surface area contributed by atoms with Crippen LogP contribution in [0.1, 0.15) is 54.4 Å². The Morgan fingerprint density at radius 3 is 2.32 bits per heavy atom. The predicted octanol–water partition coefficient (Wildman–Crippen LogP) is 2.05. The molecule has 3 atom stereocenters. The molecular weight excluding hydrogens is 238 g/mol. The molecule has 1 amide bonds. The van der Waals surface area contributed by atoms with Gasteiger partial charge in [-0.15, -0.1) is 0 Å². The molecule has 1 saturated heterocycles. The van der Waals surface area contributed by atoms with E-state index in [-0.39, 0.29) is 23.7 Å². The first-order chi connectivity index (χ1) is 8.93. The summed E-state index contributed by atoms with van der Waals surface area (Å²) in [6, 6.07) is 0.262. The van der Waals surface area contributed by atoms with E-state index in [1.54, 1.807) is 0 Å². The molecule has 1 N–H and O–H groups in total. The highest BCUT2D eigenvalue weighted by Crippen LogP contribution is 2.27. The molecule has 112 valence electrons. The van der Waals surface area contributed by atoms with Crippen molar-refractivity contribution in [3.05, 3.63) is 0 Å². The summed E-state index contributed by atoms with van der Waals surface area (Å²) in [6.45, 7) is 15.8. The summed E-state index contributed by atoms with van der Waals surface area (Å²) in [7, 11) is 0. The van der Waals surface area contributed by atoms with Crippen molar-refractivity contribution in [1.29, 1.82) is 0 Å². The fourth-order valence-corrected chi connectivity index (χ4v) is 2.93. The molecule has 0 bridgehead atoms. The van der Waals surface area contributed by atoms with Crippen LogP contribution in [0.2, 0.25) is 0 Å². The van der Waals surface area contributed by atoms with Gasteiger partial charge >= 0.3 is 0 Å². The van der Waals surface area contributed by atoms with Gasteiger partial charge in [0.2, 0.25) is 5.91 Å². The Labute approximate surface area is 118 Å². The Balaban J connectivity index is 2.82. The minimum absolute atomic E-state index is 0.183. The second kappa shape index (κ2) is 6.71. The number of rotatable bonds is 7. The van der Waals surface area contributed by atoms with E-state index in [9.17, 15) is 4.79 Å². The highest BCUT2D eigenvalue weighted by Gasteiger charge is 2.47. The SMILES string of the molecule is CCC1NC(C)(CC)C(=O)N1C(C)CN(CC)CC. The maximum absolute atomic E-state index is 12.7. The molecule has 0 aliphatic carbocycles. The first-order valence-corrected chi connectivity index (χ1v) is 7.76. The minimum Gasteiger partial charge on any atom is -0.322 e. The average molecular weight is 269 g/mol. The summed E-state index contributed by atoms with van der Waals surface area (Å²) in [6.07, 6.45) is 1.99. The van der Waals surface area contributed by atoms with E-state index in [1.807, 2.05) is 6.92 Å². The van der Waals surface area contributed by atoms with Crippen LogP contribution in [0.25, 0.3) is 0 Å². The lowest BCUT2D eigenvalue weighted by Gasteiger charge is -2.33. The van der Waals surface area contributed by atoms with Gasteiger partial charge in [0.05, 0.1) is 11.7 Å². The Morgan fingerprint density at radius 1 is 1.32 bits per heavy atom. The molecule has 1 rings (SSSR count). The van der Waals surface area contributed by atoms with Gasteiger partial charge in [0.1, 0.15) is 0 Å². The van der Waals surface area contributed by atoms with Gasteiger partial charge in [-0.2, -0.15) is 0 Å². The highest BCUT2D eigenvalue weighted by molar-refractivity contribution is 5.88. The molecule has 1 aliphatic rings. The zero-order valence-electron chi connectivity index (χ0n) is 13.5. The van der Waals surface area contributed by atoms with Crippen LogP contribution in [0, 0.1) is 0 Å². The van der Waals surface area contributed by atoms with Gasteiger partial charge in [-0.1, -0.05) is 27.7 Å². The largest absolute Gasteiger partial charge is 0.322 e. The van der Waals surface area contributed by atoms with Gasteiger partial charge in [0.25, 0.3) is 0 Å². The molecule has 1 aliphatic heterocycles. The van der Waals surface area contributed by atoms with Crippen molar-refractivity contribution in [3.63, 3.8) is 0 Å². The van der Waals surface area contributed by atoms with E-state index in [1.165, 1.54) is 0 Å². The van der Waals surface area contributed by atoms with Crippen molar-refractivity contribution >= 4 is 5.91 Å². The van der Waals surface area contributed by atoms with Crippen LogP contribution in [-0.2, 0) is 4.79 Å². The third-order valence-electron chi connectivity index (χ3n) is 4.51. The number of hydrogen-bond acceptors (Lipinski definition) is 3. The van der Waals surface area contributed by atoms with Crippen molar-refractivity contribution in [2.75, 3.05) is 19.6 Å². The van der Waals surface area contributed by atoms with Gasteiger partial charge in [0.15, 0.2) is 0 Å². The number of carbonyl (C=O) groups excluding carboxylic acids is 1. The molecule has 3 unspecified atom stereocenters. The summed E-state index contributed by atoms with van der Waals surface area (Å²) in [5, 5.41) is 3.51. The van der Waals surface area contributed by atoms with Crippen LogP contribution in [0.4, 0.5) is 0 Å². The molecule has 4 heteroatoms. The van der Waals surface area contributed by atoms with Crippen molar-refractivity contribution in [2.45, 2.75) is 72.1 Å². The number of likely N-dealkylation sites (N-methyl/N-ethyl adjacent to an activating group) is 1. The number of hydrogen-bond donors (Lipinski definition) is 1.